The van der Waals surface area contributed by atoms with Crippen LogP contribution in [-0.2, 0) is 4.74 Å². The molecule has 2 heterocycles. The summed E-state index contributed by atoms with van der Waals surface area (Å²) in [5.41, 5.74) is 5.98. The number of aromatic nitrogens is 1. The highest BCUT2D eigenvalue weighted by molar-refractivity contribution is 6.33. The van der Waals surface area contributed by atoms with Crippen molar-refractivity contribution in [2.75, 3.05) is 12.3 Å². The molecule has 1 aromatic rings. The predicted molar refractivity (Wildman–Crippen MR) is 72.1 cm³/mol. The van der Waals surface area contributed by atoms with Gasteiger partial charge in [-0.1, -0.05) is 11.6 Å². The van der Waals surface area contributed by atoms with Gasteiger partial charge >= 0.3 is 0 Å². The third kappa shape index (κ3) is 2.40. The van der Waals surface area contributed by atoms with Gasteiger partial charge in [0.25, 0.3) is 5.91 Å². The van der Waals surface area contributed by atoms with Crippen LogP contribution in [0.5, 0.6) is 0 Å². The molecule has 1 spiro atoms. The zero-order valence-electron chi connectivity index (χ0n) is 10.5. The summed E-state index contributed by atoms with van der Waals surface area (Å²) in [6.07, 6.45) is 5.77. The van der Waals surface area contributed by atoms with Crippen molar-refractivity contribution in [3.8, 4) is 0 Å². The summed E-state index contributed by atoms with van der Waals surface area (Å²) in [6, 6.07) is 1.61. The highest BCUT2D eigenvalue weighted by Gasteiger charge is 2.45. The van der Waals surface area contributed by atoms with E-state index in [1.54, 1.807) is 0 Å². The van der Waals surface area contributed by atoms with Gasteiger partial charge in [0.1, 0.15) is 5.82 Å². The van der Waals surface area contributed by atoms with Gasteiger partial charge in [-0.2, -0.15) is 0 Å². The number of hydrogen-bond donors (Lipinski definition) is 2. The molecule has 1 aromatic heterocycles. The number of hydrogen-bond acceptors (Lipinski definition) is 4. The molecule has 1 saturated carbocycles. The molecular weight excluding hydrogens is 266 g/mol. The number of nitrogen functional groups attached to an aromatic ring is 1. The van der Waals surface area contributed by atoms with Crippen molar-refractivity contribution in [3.63, 3.8) is 0 Å². The normalized spacial score (nSPS) is 24.2. The summed E-state index contributed by atoms with van der Waals surface area (Å²) in [5, 5.41) is 3.26. The highest BCUT2D eigenvalue weighted by atomic mass is 35.5. The lowest BCUT2D eigenvalue weighted by Crippen LogP contribution is -2.39. The van der Waals surface area contributed by atoms with Gasteiger partial charge in [-0.05, 0) is 31.7 Å². The second-order valence-electron chi connectivity index (χ2n) is 5.31. The van der Waals surface area contributed by atoms with Crippen molar-refractivity contribution in [1.82, 2.24) is 10.3 Å². The number of amides is 1. The van der Waals surface area contributed by atoms with E-state index in [0.29, 0.717) is 17.2 Å². The molecule has 3 rings (SSSR count). The van der Waals surface area contributed by atoms with Crippen LogP contribution >= 0.6 is 11.6 Å². The van der Waals surface area contributed by atoms with Gasteiger partial charge in [-0.25, -0.2) is 4.98 Å². The average Bonchev–Trinajstić information content (AvgIpc) is 2.77. The van der Waals surface area contributed by atoms with Crippen molar-refractivity contribution in [3.05, 3.63) is 22.8 Å². The van der Waals surface area contributed by atoms with Crippen LogP contribution in [0.2, 0.25) is 5.02 Å². The van der Waals surface area contributed by atoms with Crippen molar-refractivity contribution in [2.45, 2.75) is 37.3 Å². The maximum Gasteiger partial charge on any atom is 0.253 e. The Bertz CT molecular complexity index is 517. The summed E-state index contributed by atoms with van der Waals surface area (Å²) >= 11 is 5.86. The second kappa shape index (κ2) is 4.65. The largest absolute Gasteiger partial charge is 0.382 e. The fraction of sp³-hybridized carbons (Fsp3) is 0.538. The van der Waals surface area contributed by atoms with Crippen LogP contribution in [0, 0.1) is 0 Å². The first-order chi connectivity index (χ1) is 9.08. The van der Waals surface area contributed by atoms with E-state index in [1.165, 1.54) is 18.7 Å². The molecule has 0 aromatic carbocycles. The van der Waals surface area contributed by atoms with Gasteiger partial charge in [-0.15, -0.1) is 0 Å². The maximum atomic E-state index is 12.1. The Morgan fingerprint density at radius 1 is 1.58 bits per heavy atom. The number of anilines is 1. The molecule has 6 heteroatoms. The van der Waals surface area contributed by atoms with Crippen molar-refractivity contribution >= 4 is 23.3 Å². The molecule has 0 bridgehead atoms. The zero-order chi connectivity index (χ0) is 13.5. The number of carbonyl (C=O) groups excluding carboxylic acids is 1. The van der Waals surface area contributed by atoms with E-state index in [1.807, 2.05) is 0 Å². The van der Waals surface area contributed by atoms with Crippen LogP contribution < -0.4 is 11.1 Å². The molecule has 1 aliphatic carbocycles. The van der Waals surface area contributed by atoms with E-state index in [0.717, 1.165) is 19.3 Å². The lowest BCUT2D eigenvalue weighted by atomic mass is 9.77. The molecule has 19 heavy (non-hydrogen) atoms. The van der Waals surface area contributed by atoms with E-state index < -0.39 is 0 Å². The van der Waals surface area contributed by atoms with E-state index >= 15 is 0 Å². The lowest BCUT2D eigenvalue weighted by Gasteiger charge is -2.37. The molecule has 1 unspecified atom stereocenters. The summed E-state index contributed by atoms with van der Waals surface area (Å²) in [5.74, 6) is 0.0511. The maximum absolute atomic E-state index is 12.1. The Kier molecular flexibility index (Phi) is 3.11. The van der Waals surface area contributed by atoms with Crippen LogP contribution in [0.25, 0.3) is 0 Å². The first-order valence-corrected chi connectivity index (χ1v) is 6.82. The minimum Gasteiger partial charge on any atom is -0.382 e. The Morgan fingerprint density at radius 3 is 2.95 bits per heavy atom. The van der Waals surface area contributed by atoms with Crippen molar-refractivity contribution in [1.29, 1.82) is 0 Å². The molecule has 102 valence electrons. The summed E-state index contributed by atoms with van der Waals surface area (Å²) in [4.78, 5) is 16.0. The van der Waals surface area contributed by atoms with Crippen LogP contribution in [0.15, 0.2) is 12.3 Å². The van der Waals surface area contributed by atoms with E-state index in [9.17, 15) is 4.79 Å². The first kappa shape index (κ1) is 12.7. The number of nitrogens with two attached hydrogens (primary N) is 1. The quantitative estimate of drug-likeness (QED) is 0.866. The number of nitrogens with one attached hydrogen (secondary N) is 1. The van der Waals surface area contributed by atoms with Gasteiger partial charge in [0.15, 0.2) is 0 Å². The van der Waals surface area contributed by atoms with Crippen LogP contribution in [0.4, 0.5) is 5.82 Å². The summed E-state index contributed by atoms with van der Waals surface area (Å²) < 4.78 is 5.79. The molecule has 1 aliphatic heterocycles. The van der Waals surface area contributed by atoms with Crippen LogP contribution in [0.3, 0.4) is 0 Å². The fourth-order valence-electron chi connectivity index (χ4n) is 2.70. The monoisotopic (exact) mass is 281 g/mol. The van der Waals surface area contributed by atoms with E-state index in [-0.39, 0.29) is 23.4 Å². The van der Waals surface area contributed by atoms with Gasteiger partial charge < -0.3 is 15.8 Å². The summed E-state index contributed by atoms with van der Waals surface area (Å²) in [6.45, 7) is 0.585. The van der Waals surface area contributed by atoms with E-state index in [2.05, 4.69) is 10.3 Å². The molecule has 5 nitrogen and oxygen atoms in total. The number of halogens is 1. The van der Waals surface area contributed by atoms with E-state index in [4.69, 9.17) is 22.1 Å². The Morgan fingerprint density at radius 2 is 2.37 bits per heavy atom. The molecule has 2 aliphatic rings. The number of carbonyl (C=O) groups is 1. The third-order valence-corrected chi connectivity index (χ3v) is 4.24. The molecule has 3 N–H and O–H groups in total. The Labute approximate surface area is 116 Å². The Balaban J connectivity index is 1.63. The summed E-state index contributed by atoms with van der Waals surface area (Å²) in [7, 11) is 0. The smallest absolute Gasteiger partial charge is 0.253 e. The van der Waals surface area contributed by atoms with Gasteiger partial charge in [-0.3, -0.25) is 4.79 Å². The van der Waals surface area contributed by atoms with Crippen LogP contribution in [0.1, 0.15) is 36.0 Å². The van der Waals surface area contributed by atoms with Crippen molar-refractivity contribution in [2.24, 2.45) is 0 Å². The third-order valence-electron chi connectivity index (χ3n) is 3.94. The average molecular weight is 282 g/mol. The minimum atomic E-state index is -0.181. The SMILES string of the molecule is Nc1ncc(C(=O)NC2COC3(CCC3)C2)cc1Cl. The number of nitrogens with zero attached hydrogens (tertiary/aromatic N) is 1. The minimum absolute atomic E-state index is 0.0367. The van der Waals surface area contributed by atoms with Crippen molar-refractivity contribution < 1.29 is 9.53 Å². The number of ether oxygens (including phenoxy) is 1. The lowest BCUT2D eigenvalue weighted by molar-refractivity contribution is -0.0563. The molecule has 1 atom stereocenters. The number of pyridine rings is 1. The molecule has 0 radical (unpaired) electrons. The molecule has 1 saturated heterocycles. The number of rotatable bonds is 2. The first-order valence-electron chi connectivity index (χ1n) is 6.44. The topological polar surface area (TPSA) is 77.2 Å². The van der Waals surface area contributed by atoms with Gasteiger partial charge in [0.2, 0.25) is 0 Å². The second-order valence-corrected chi connectivity index (χ2v) is 5.72. The van der Waals surface area contributed by atoms with Crippen LogP contribution in [-0.4, -0.2) is 29.1 Å². The Hall–Kier alpha value is -1.33. The fourth-order valence-corrected chi connectivity index (χ4v) is 2.86. The van der Waals surface area contributed by atoms with Gasteiger partial charge in [0, 0.05) is 6.20 Å². The predicted octanol–water partition coefficient (Wildman–Crippen LogP) is 1.76. The molecule has 1 amide bonds. The zero-order valence-corrected chi connectivity index (χ0v) is 11.2. The van der Waals surface area contributed by atoms with Gasteiger partial charge in [0.05, 0.1) is 28.8 Å². The standard InChI is InChI=1S/C13H16ClN3O2/c14-10-4-8(6-16-11(10)15)12(18)17-9-5-13(19-7-9)2-1-3-13/h4,6,9H,1-3,5,7H2,(H2,15,16)(H,17,18). The molecular formula is C13H16ClN3O2. The molecule has 2 fully saturated rings. The highest BCUT2D eigenvalue weighted by Crippen LogP contribution is 2.43.